The first-order valence-electron chi connectivity index (χ1n) is 6.19. The number of rotatable bonds is 3. The number of ether oxygens (including phenoxy) is 1. The number of halogens is 1. The summed E-state index contributed by atoms with van der Waals surface area (Å²) >= 11 is 0. The molecule has 0 aromatic rings. The van der Waals surface area contributed by atoms with Crippen molar-refractivity contribution in [2.24, 2.45) is 22.0 Å². The molecule has 3 aliphatic carbocycles. The molecule has 3 nitrogen and oxygen atoms in total. The third kappa shape index (κ3) is 1.88. The van der Waals surface area contributed by atoms with Crippen molar-refractivity contribution in [2.45, 2.75) is 53.0 Å². The molecule has 3 aliphatic rings. The average Bonchev–Trinajstić information content (AvgIpc) is 1.96. The summed E-state index contributed by atoms with van der Waals surface area (Å²) in [5.74, 6) is -0.218. The number of hydrogen-bond acceptors (Lipinski definition) is 3. The van der Waals surface area contributed by atoms with E-state index in [0.29, 0.717) is 17.4 Å². The fraction of sp³-hybridized carbons (Fsp3) is 0.923. The molecule has 0 aliphatic heterocycles. The summed E-state index contributed by atoms with van der Waals surface area (Å²) in [5.41, 5.74) is 6.86. The third-order valence-electron chi connectivity index (χ3n) is 4.86. The number of hydrogen-bond donors (Lipinski definition) is 1. The van der Waals surface area contributed by atoms with Crippen molar-refractivity contribution in [1.29, 1.82) is 0 Å². The number of nitrogens with two attached hydrogens (primary N) is 1. The monoisotopic (exact) mass is 261 g/mol. The fourth-order valence-electron chi connectivity index (χ4n) is 3.47. The van der Waals surface area contributed by atoms with Crippen molar-refractivity contribution in [2.75, 3.05) is 6.61 Å². The molecule has 4 heteroatoms. The standard InChI is InChI=1S/C13H23NO2.ClH/c1-5-16-10(15)9(14)12-6-13(7-12,8-12)11(2,3)4;/h9H,5-8,14H2,1-4H3;1H. The van der Waals surface area contributed by atoms with E-state index in [9.17, 15) is 4.79 Å². The normalized spacial score (nSPS) is 36.1. The van der Waals surface area contributed by atoms with E-state index in [1.165, 1.54) is 0 Å². The molecule has 0 aromatic carbocycles. The van der Waals surface area contributed by atoms with E-state index < -0.39 is 6.04 Å². The zero-order valence-corrected chi connectivity index (χ0v) is 12.0. The van der Waals surface area contributed by atoms with Crippen molar-refractivity contribution in [3.05, 3.63) is 0 Å². The van der Waals surface area contributed by atoms with Gasteiger partial charge in [-0.15, -0.1) is 12.4 Å². The highest BCUT2D eigenvalue weighted by atomic mass is 35.5. The summed E-state index contributed by atoms with van der Waals surface area (Å²) in [4.78, 5) is 11.6. The molecule has 0 amide bonds. The minimum atomic E-state index is -0.406. The van der Waals surface area contributed by atoms with Crippen molar-refractivity contribution in [3.8, 4) is 0 Å². The quantitative estimate of drug-likeness (QED) is 0.795. The van der Waals surface area contributed by atoms with Gasteiger partial charge in [-0.25, -0.2) is 0 Å². The van der Waals surface area contributed by atoms with E-state index in [1.54, 1.807) is 0 Å². The summed E-state index contributed by atoms with van der Waals surface area (Å²) in [7, 11) is 0. The first kappa shape index (κ1) is 14.8. The van der Waals surface area contributed by atoms with Crippen LogP contribution in [-0.2, 0) is 9.53 Å². The molecule has 2 N–H and O–H groups in total. The lowest BCUT2D eigenvalue weighted by Crippen LogP contribution is -2.74. The van der Waals surface area contributed by atoms with Crippen LogP contribution in [0.5, 0.6) is 0 Å². The Kier molecular flexibility index (Phi) is 3.59. The molecule has 1 atom stereocenters. The van der Waals surface area contributed by atoms with E-state index >= 15 is 0 Å². The fourth-order valence-corrected chi connectivity index (χ4v) is 3.47. The first-order chi connectivity index (χ1) is 7.26. The molecule has 0 spiro atoms. The van der Waals surface area contributed by atoms with Gasteiger partial charge >= 0.3 is 5.97 Å². The van der Waals surface area contributed by atoms with Crippen LogP contribution in [0.3, 0.4) is 0 Å². The Bertz CT molecular complexity index is 302. The van der Waals surface area contributed by atoms with Gasteiger partial charge < -0.3 is 10.5 Å². The van der Waals surface area contributed by atoms with Gasteiger partial charge in [-0.2, -0.15) is 0 Å². The van der Waals surface area contributed by atoms with Gasteiger partial charge in [0.2, 0.25) is 0 Å². The van der Waals surface area contributed by atoms with Crippen molar-refractivity contribution < 1.29 is 9.53 Å². The molecule has 3 fully saturated rings. The van der Waals surface area contributed by atoms with Crippen LogP contribution in [0, 0.1) is 16.2 Å². The topological polar surface area (TPSA) is 52.3 Å². The zero-order valence-electron chi connectivity index (χ0n) is 11.2. The Morgan fingerprint density at radius 3 is 2.18 bits per heavy atom. The van der Waals surface area contributed by atoms with E-state index in [2.05, 4.69) is 20.8 Å². The highest BCUT2D eigenvalue weighted by Gasteiger charge is 2.74. The van der Waals surface area contributed by atoms with Crippen LogP contribution in [0.2, 0.25) is 0 Å². The highest BCUT2D eigenvalue weighted by molar-refractivity contribution is 5.85. The van der Waals surface area contributed by atoms with Crippen molar-refractivity contribution >= 4 is 18.4 Å². The molecule has 17 heavy (non-hydrogen) atoms. The lowest BCUT2D eigenvalue weighted by molar-refractivity contribution is -0.268. The van der Waals surface area contributed by atoms with E-state index in [-0.39, 0.29) is 23.8 Å². The number of carbonyl (C=O) groups is 1. The predicted molar refractivity (Wildman–Crippen MR) is 70.0 cm³/mol. The Morgan fingerprint density at radius 1 is 1.35 bits per heavy atom. The van der Waals surface area contributed by atoms with Crippen LogP contribution in [0.4, 0.5) is 0 Å². The second-order valence-electron chi connectivity index (χ2n) is 6.65. The second-order valence-corrected chi connectivity index (χ2v) is 6.65. The van der Waals surface area contributed by atoms with Gasteiger partial charge in [-0.3, -0.25) is 4.79 Å². The van der Waals surface area contributed by atoms with Crippen LogP contribution < -0.4 is 5.73 Å². The van der Waals surface area contributed by atoms with Crippen LogP contribution >= 0.6 is 12.4 Å². The molecule has 3 rings (SSSR count). The summed E-state index contributed by atoms with van der Waals surface area (Å²) in [5, 5.41) is 0. The Labute approximate surface area is 110 Å². The zero-order chi connectivity index (χ0) is 12.2. The Morgan fingerprint density at radius 2 is 1.82 bits per heavy atom. The largest absolute Gasteiger partial charge is 0.465 e. The minimum absolute atomic E-state index is 0. The van der Waals surface area contributed by atoms with Crippen LogP contribution in [0.25, 0.3) is 0 Å². The molecule has 3 saturated carbocycles. The van der Waals surface area contributed by atoms with Crippen molar-refractivity contribution in [3.63, 3.8) is 0 Å². The predicted octanol–water partition coefficient (Wildman–Crippen LogP) is 2.52. The van der Waals surface area contributed by atoms with Crippen molar-refractivity contribution in [1.82, 2.24) is 0 Å². The second kappa shape index (κ2) is 4.13. The molecule has 0 radical (unpaired) electrons. The summed E-state index contributed by atoms with van der Waals surface area (Å²) in [6.45, 7) is 9.10. The molecule has 0 saturated heterocycles. The Hall–Kier alpha value is -0.280. The van der Waals surface area contributed by atoms with Crippen LogP contribution in [-0.4, -0.2) is 18.6 Å². The van der Waals surface area contributed by atoms with Gasteiger partial charge in [-0.05, 0) is 42.4 Å². The molecular formula is C13H24ClNO2. The number of esters is 1. The number of carbonyl (C=O) groups excluding carboxylic acids is 1. The molecule has 0 aromatic heterocycles. The van der Waals surface area contributed by atoms with Gasteiger partial charge in [0.25, 0.3) is 0 Å². The Balaban J connectivity index is 0.00000144. The smallest absolute Gasteiger partial charge is 0.323 e. The SMILES string of the molecule is CCOC(=O)C(N)C12CC(C(C)(C)C)(C1)C2.Cl. The maximum absolute atomic E-state index is 11.6. The molecular weight excluding hydrogens is 238 g/mol. The molecule has 1 unspecified atom stereocenters. The maximum atomic E-state index is 11.6. The van der Waals surface area contributed by atoms with Crippen LogP contribution in [0.1, 0.15) is 47.0 Å². The van der Waals surface area contributed by atoms with E-state index in [1.807, 2.05) is 6.92 Å². The lowest BCUT2D eigenvalue weighted by Gasteiger charge is -2.77. The minimum Gasteiger partial charge on any atom is -0.465 e. The summed E-state index contributed by atoms with van der Waals surface area (Å²) in [6, 6.07) is -0.406. The van der Waals surface area contributed by atoms with Gasteiger partial charge in [0, 0.05) is 0 Å². The van der Waals surface area contributed by atoms with Crippen LogP contribution in [0.15, 0.2) is 0 Å². The summed E-state index contributed by atoms with van der Waals surface area (Å²) < 4.78 is 5.00. The van der Waals surface area contributed by atoms with Gasteiger partial charge in [-0.1, -0.05) is 20.8 Å². The summed E-state index contributed by atoms with van der Waals surface area (Å²) in [6.07, 6.45) is 3.30. The van der Waals surface area contributed by atoms with E-state index in [0.717, 1.165) is 19.3 Å². The molecule has 0 heterocycles. The lowest BCUT2D eigenvalue weighted by atomic mass is 9.28. The van der Waals surface area contributed by atoms with Gasteiger partial charge in [0.1, 0.15) is 6.04 Å². The van der Waals surface area contributed by atoms with Gasteiger partial charge in [0.05, 0.1) is 6.61 Å². The first-order valence-corrected chi connectivity index (χ1v) is 6.19. The average molecular weight is 262 g/mol. The molecule has 2 bridgehead atoms. The van der Waals surface area contributed by atoms with E-state index in [4.69, 9.17) is 10.5 Å². The highest BCUT2D eigenvalue weighted by Crippen LogP contribution is 2.79. The third-order valence-corrected chi connectivity index (χ3v) is 4.86. The maximum Gasteiger partial charge on any atom is 0.323 e. The molecule has 100 valence electrons. The van der Waals surface area contributed by atoms with Gasteiger partial charge in [0.15, 0.2) is 0 Å².